The first kappa shape index (κ1) is 15.7. The fraction of sp³-hybridized carbons (Fsp3) is 0.533. The molecule has 0 saturated heterocycles. The van der Waals surface area contributed by atoms with Crippen molar-refractivity contribution in [2.24, 2.45) is 0 Å². The number of hydrogen-bond acceptors (Lipinski definition) is 1. The van der Waals surface area contributed by atoms with Gasteiger partial charge in [-0.15, -0.1) is 0 Å². The third-order valence-corrected chi connectivity index (χ3v) is 3.03. The molecule has 0 fully saturated rings. The van der Waals surface area contributed by atoms with Gasteiger partial charge in [-0.2, -0.15) is 13.2 Å². The highest BCUT2D eigenvalue weighted by atomic mass is 19.4. The van der Waals surface area contributed by atoms with E-state index in [0.29, 0.717) is 5.56 Å². The van der Waals surface area contributed by atoms with Crippen LogP contribution >= 0.6 is 0 Å². The van der Waals surface area contributed by atoms with E-state index in [1.54, 1.807) is 6.07 Å². The Bertz CT molecular complexity index is 459. The Labute approximate surface area is 111 Å². The molecule has 0 aliphatic heterocycles. The molecule has 0 unspecified atom stereocenters. The molecule has 0 amide bonds. The van der Waals surface area contributed by atoms with Crippen molar-refractivity contribution in [3.63, 3.8) is 0 Å². The molecule has 19 heavy (non-hydrogen) atoms. The van der Waals surface area contributed by atoms with E-state index in [2.05, 4.69) is 0 Å². The molecule has 1 aromatic carbocycles. The van der Waals surface area contributed by atoms with Gasteiger partial charge in [0.2, 0.25) is 0 Å². The molecule has 0 aromatic heterocycles. The largest absolute Gasteiger partial charge is 0.396 e. The van der Waals surface area contributed by atoms with Gasteiger partial charge in [-0.05, 0) is 23.0 Å². The molecule has 0 atom stereocenters. The van der Waals surface area contributed by atoms with E-state index in [4.69, 9.17) is 0 Å². The SMILES string of the molecule is CC(C)c1ccc(C(=O)CC(F)(F)F)c(C(C)C)c1. The molecule has 1 nitrogen and oxygen atoms in total. The monoisotopic (exact) mass is 272 g/mol. The second-order valence-corrected chi connectivity index (χ2v) is 5.37. The molecule has 1 rings (SSSR count). The van der Waals surface area contributed by atoms with Crippen molar-refractivity contribution in [1.82, 2.24) is 0 Å². The van der Waals surface area contributed by atoms with E-state index in [-0.39, 0.29) is 17.4 Å². The zero-order valence-electron chi connectivity index (χ0n) is 11.6. The van der Waals surface area contributed by atoms with E-state index in [0.717, 1.165) is 5.56 Å². The van der Waals surface area contributed by atoms with Crippen molar-refractivity contribution >= 4 is 5.78 Å². The lowest BCUT2D eigenvalue weighted by Gasteiger charge is -2.16. The van der Waals surface area contributed by atoms with Crippen LogP contribution in [-0.2, 0) is 0 Å². The lowest BCUT2D eigenvalue weighted by Crippen LogP contribution is -2.17. The highest BCUT2D eigenvalue weighted by Gasteiger charge is 2.32. The number of alkyl halides is 3. The number of carbonyl (C=O) groups excluding carboxylic acids is 1. The van der Waals surface area contributed by atoms with Crippen LogP contribution in [0.25, 0.3) is 0 Å². The smallest absolute Gasteiger partial charge is 0.294 e. The molecular formula is C15H19F3O. The maximum absolute atomic E-state index is 12.3. The fourth-order valence-corrected chi connectivity index (χ4v) is 1.95. The molecule has 106 valence electrons. The fourth-order valence-electron chi connectivity index (χ4n) is 1.95. The Balaban J connectivity index is 3.17. The van der Waals surface area contributed by atoms with Crippen molar-refractivity contribution in [2.75, 3.05) is 0 Å². The highest BCUT2D eigenvalue weighted by molar-refractivity contribution is 5.98. The summed E-state index contributed by atoms with van der Waals surface area (Å²) in [4.78, 5) is 11.7. The molecule has 0 heterocycles. The number of benzene rings is 1. The van der Waals surface area contributed by atoms with Crippen LogP contribution in [0.2, 0.25) is 0 Å². The topological polar surface area (TPSA) is 17.1 Å². The maximum atomic E-state index is 12.3. The first-order valence-corrected chi connectivity index (χ1v) is 6.35. The van der Waals surface area contributed by atoms with Crippen molar-refractivity contribution < 1.29 is 18.0 Å². The minimum atomic E-state index is -4.46. The molecule has 0 aliphatic carbocycles. The van der Waals surface area contributed by atoms with Gasteiger partial charge in [0.05, 0.1) is 0 Å². The summed E-state index contributed by atoms with van der Waals surface area (Å²) < 4.78 is 36.9. The predicted molar refractivity (Wildman–Crippen MR) is 69.6 cm³/mol. The molecule has 0 N–H and O–H groups in total. The maximum Gasteiger partial charge on any atom is 0.396 e. The molecule has 4 heteroatoms. The number of halogens is 3. The second kappa shape index (κ2) is 5.76. The van der Waals surface area contributed by atoms with Crippen LogP contribution in [0.3, 0.4) is 0 Å². The zero-order valence-corrected chi connectivity index (χ0v) is 11.6. The minimum absolute atomic E-state index is 0.0193. The van der Waals surface area contributed by atoms with E-state index in [1.807, 2.05) is 33.8 Å². The van der Waals surface area contributed by atoms with Crippen LogP contribution in [-0.4, -0.2) is 12.0 Å². The van der Waals surface area contributed by atoms with Crippen molar-refractivity contribution in [1.29, 1.82) is 0 Å². The second-order valence-electron chi connectivity index (χ2n) is 5.37. The van der Waals surface area contributed by atoms with Crippen LogP contribution < -0.4 is 0 Å². The predicted octanol–water partition coefficient (Wildman–Crippen LogP) is 5.07. The van der Waals surface area contributed by atoms with Gasteiger partial charge in [0.1, 0.15) is 6.42 Å². The van der Waals surface area contributed by atoms with E-state index < -0.39 is 18.4 Å². The van der Waals surface area contributed by atoms with Crippen LogP contribution in [0.4, 0.5) is 13.2 Å². The lowest BCUT2D eigenvalue weighted by molar-refractivity contribution is -0.125. The average molecular weight is 272 g/mol. The zero-order chi connectivity index (χ0) is 14.8. The van der Waals surface area contributed by atoms with Gasteiger partial charge in [-0.3, -0.25) is 4.79 Å². The van der Waals surface area contributed by atoms with Crippen molar-refractivity contribution in [3.05, 3.63) is 34.9 Å². The number of hydrogen-bond donors (Lipinski definition) is 0. The summed E-state index contributed by atoms with van der Waals surface area (Å²) in [7, 11) is 0. The molecule has 1 aromatic rings. The summed E-state index contributed by atoms with van der Waals surface area (Å²) in [5, 5.41) is 0. The molecular weight excluding hydrogens is 253 g/mol. The summed E-state index contributed by atoms with van der Waals surface area (Å²) in [5.74, 6) is -0.554. The minimum Gasteiger partial charge on any atom is -0.294 e. The quantitative estimate of drug-likeness (QED) is 0.699. The van der Waals surface area contributed by atoms with Crippen LogP contribution in [0.15, 0.2) is 18.2 Å². The average Bonchev–Trinajstić information content (AvgIpc) is 2.25. The number of ketones is 1. The highest BCUT2D eigenvalue weighted by Crippen LogP contribution is 2.28. The summed E-state index contributed by atoms with van der Waals surface area (Å²) >= 11 is 0. The summed E-state index contributed by atoms with van der Waals surface area (Å²) in [6.07, 6.45) is -5.85. The van der Waals surface area contributed by atoms with Crippen LogP contribution in [0.1, 0.15) is 67.4 Å². The van der Waals surface area contributed by atoms with Gasteiger partial charge in [0.15, 0.2) is 5.78 Å². The Kier molecular flexibility index (Phi) is 4.77. The van der Waals surface area contributed by atoms with Crippen LogP contribution in [0.5, 0.6) is 0 Å². The standard InChI is InChI=1S/C15H19F3O/c1-9(2)11-5-6-12(13(7-11)10(3)4)14(19)8-15(16,17)18/h5-7,9-10H,8H2,1-4H3. The van der Waals surface area contributed by atoms with Gasteiger partial charge in [0, 0.05) is 5.56 Å². The van der Waals surface area contributed by atoms with Gasteiger partial charge < -0.3 is 0 Å². The van der Waals surface area contributed by atoms with Gasteiger partial charge in [-0.25, -0.2) is 0 Å². The molecule has 0 bridgehead atoms. The normalized spacial score (nSPS) is 12.3. The Morgan fingerprint density at radius 2 is 1.68 bits per heavy atom. The molecule has 0 spiro atoms. The molecule has 0 radical (unpaired) electrons. The van der Waals surface area contributed by atoms with E-state index in [1.165, 1.54) is 6.07 Å². The number of Topliss-reactive ketones (excluding diaryl/α,β-unsaturated/α-hetero) is 1. The van der Waals surface area contributed by atoms with Gasteiger partial charge in [0.25, 0.3) is 0 Å². The third-order valence-electron chi connectivity index (χ3n) is 3.03. The van der Waals surface area contributed by atoms with E-state index >= 15 is 0 Å². The summed E-state index contributed by atoms with van der Waals surface area (Å²) in [5.41, 5.74) is 1.92. The van der Waals surface area contributed by atoms with E-state index in [9.17, 15) is 18.0 Å². The Morgan fingerprint density at radius 1 is 1.11 bits per heavy atom. The summed E-state index contributed by atoms with van der Waals surface area (Å²) in [6.45, 7) is 7.78. The van der Waals surface area contributed by atoms with Crippen LogP contribution in [0, 0.1) is 0 Å². The lowest BCUT2D eigenvalue weighted by atomic mass is 9.89. The van der Waals surface area contributed by atoms with Gasteiger partial charge in [-0.1, -0.05) is 45.9 Å². The number of rotatable bonds is 4. The first-order valence-electron chi connectivity index (χ1n) is 6.35. The van der Waals surface area contributed by atoms with Gasteiger partial charge >= 0.3 is 6.18 Å². The molecule has 0 aliphatic rings. The van der Waals surface area contributed by atoms with Crippen molar-refractivity contribution in [3.8, 4) is 0 Å². The van der Waals surface area contributed by atoms with Crippen molar-refractivity contribution in [2.45, 2.75) is 52.1 Å². The number of carbonyl (C=O) groups is 1. The Morgan fingerprint density at radius 3 is 2.11 bits per heavy atom. The Hall–Kier alpha value is -1.32. The first-order chi connectivity index (χ1) is 8.61. The summed E-state index contributed by atoms with van der Waals surface area (Å²) in [6, 6.07) is 5.11. The third kappa shape index (κ3) is 4.37. The molecule has 0 saturated carbocycles.